The van der Waals surface area contributed by atoms with Crippen LogP contribution in [0.4, 0.5) is 14.9 Å². The van der Waals surface area contributed by atoms with Crippen molar-refractivity contribution in [1.29, 1.82) is 0 Å². The van der Waals surface area contributed by atoms with E-state index in [1.54, 1.807) is 45.0 Å². The zero-order chi connectivity index (χ0) is 41.0. The molecule has 18 heteroatoms. The smallest absolute Gasteiger partial charge is 0.410 e. The van der Waals surface area contributed by atoms with E-state index in [0.29, 0.717) is 36.8 Å². The Kier molecular flexibility index (Phi) is 15.8. The highest BCUT2D eigenvalue weighted by molar-refractivity contribution is 7.89. The number of aliphatic hydroxyl groups is 1. The van der Waals surface area contributed by atoms with Crippen LogP contribution in [0.2, 0.25) is 5.02 Å². The molecule has 2 aromatic carbocycles. The van der Waals surface area contributed by atoms with Crippen LogP contribution in [0.15, 0.2) is 70.9 Å². The van der Waals surface area contributed by atoms with Gasteiger partial charge in [0, 0.05) is 53.8 Å². The van der Waals surface area contributed by atoms with E-state index in [-0.39, 0.29) is 48.0 Å². The third-order valence-electron chi connectivity index (χ3n) is 9.09. The van der Waals surface area contributed by atoms with Crippen LogP contribution in [0.3, 0.4) is 0 Å². The van der Waals surface area contributed by atoms with Gasteiger partial charge in [-0.15, -0.1) is 0 Å². The van der Waals surface area contributed by atoms with Crippen molar-refractivity contribution in [1.82, 2.24) is 14.6 Å². The lowest BCUT2D eigenvalue weighted by Gasteiger charge is -2.34. The Bertz CT molecular complexity index is 1940. The number of rotatable bonds is 17. The van der Waals surface area contributed by atoms with Gasteiger partial charge in [0.15, 0.2) is 0 Å². The van der Waals surface area contributed by atoms with Crippen molar-refractivity contribution < 1.29 is 41.7 Å². The van der Waals surface area contributed by atoms with Gasteiger partial charge in [0.25, 0.3) is 0 Å². The highest BCUT2D eigenvalue weighted by Crippen LogP contribution is 2.38. The van der Waals surface area contributed by atoms with Crippen LogP contribution >= 0.6 is 11.6 Å². The molecule has 56 heavy (non-hydrogen) atoms. The number of hydrogen-bond acceptors (Lipinski definition) is 10. The number of sulfonamides is 1. The molecule has 4 rings (SSSR count). The zero-order valence-corrected chi connectivity index (χ0v) is 33.6. The summed E-state index contributed by atoms with van der Waals surface area (Å²) in [6, 6.07) is 10.3. The van der Waals surface area contributed by atoms with Crippen molar-refractivity contribution in [2.45, 2.75) is 88.0 Å². The molecular formula is C38H49ClFN7O8S. The summed E-state index contributed by atoms with van der Waals surface area (Å²) in [5.74, 6) is -1.71. The Hall–Kier alpha value is -4.51. The van der Waals surface area contributed by atoms with Crippen molar-refractivity contribution in [3.8, 4) is 5.75 Å². The number of carbonyl (C=O) groups is 2. The molecular weight excluding hydrogens is 769 g/mol. The van der Waals surface area contributed by atoms with E-state index in [1.807, 2.05) is 0 Å². The van der Waals surface area contributed by atoms with Crippen molar-refractivity contribution in [3.63, 3.8) is 0 Å². The highest BCUT2D eigenvalue weighted by Gasteiger charge is 2.37. The molecule has 3 N–H and O–H groups in total. The van der Waals surface area contributed by atoms with Gasteiger partial charge in [-0.1, -0.05) is 28.8 Å². The van der Waals surface area contributed by atoms with Gasteiger partial charge in [0.1, 0.15) is 23.2 Å². The maximum Gasteiger partial charge on any atom is 0.410 e. The first kappa shape index (κ1) is 44.2. The van der Waals surface area contributed by atoms with Gasteiger partial charge < -0.3 is 29.5 Å². The minimum absolute atomic E-state index is 0.00450. The molecule has 0 radical (unpaired) electrons. The van der Waals surface area contributed by atoms with E-state index in [1.165, 1.54) is 49.4 Å². The molecule has 0 saturated carbocycles. The zero-order valence-electron chi connectivity index (χ0n) is 32.0. The van der Waals surface area contributed by atoms with Crippen LogP contribution in [-0.2, 0) is 30.7 Å². The number of aromatic nitrogens is 1. The number of azide groups is 1. The maximum atomic E-state index is 15.7. The van der Waals surface area contributed by atoms with Gasteiger partial charge in [-0.3, -0.25) is 9.78 Å². The summed E-state index contributed by atoms with van der Waals surface area (Å²) in [6.07, 6.45) is 1.40. The predicted molar refractivity (Wildman–Crippen MR) is 208 cm³/mol. The first-order valence-corrected chi connectivity index (χ1v) is 20.0. The Balaban J connectivity index is 1.66. The number of nitrogens with one attached hydrogen (secondary N) is 2. The first-order valence-electron chi connectivity index (χ1n) is 18.1. The van der Waals surface area contributed by atoms with Crippen molar-refractivity contribution in [2.24, 2.45) is 11.0 Å². The second-order valence-corrected chi connectivity index (χ2v) is 16.7. The quantitative estimate of drug-likeness (QED) is 0.0761. The largest absolute Gasteiger partial charge is 0.497 e. The number of pyridine rings is 1. The number of benzene rings is 2. The molecule has 1 saturated heterocycles. The number of carbonyl (C=O) groups excluding carboxylic acids is 2. The first-order chi connectivity index (χ1) is 26.5. The number of amides is 2. The summed E-state index contributed by atoms with van der Waals surface area (Å²) in [7, 11) is -2.77. The van der Waals surface area contributed by atoms with E-state index in [4.69, 9.17) is 25.8 Å². The SMILES string of the molecule is COc1ccc(S(=O)(=O)N[C@@H](CCc2c(F)cncc2NC(=O)[C@@H](N=[N+]=[N-])[C@@H](c2ccc(Cl)cc2)C2CCOCC2)CN(C[C@@H](C)O)C(=O)OC(C)(C)C)cc1. The maximum absolute atomic E-state index is 15.7. The lowest BCUT2D eigenvalue weighted by molar-refractivity contribution is -0.118. The Labute approximate surface area is 331 Å². The standard InChI is InChI=1S/C38H49ClFN7O8S/c1-24(48)22-47(37(50)55-38(2,3)4)23-28(45-56(51,52)30-13-11-29(53-5)12-14-30)10-15-31-32(40)20-42-21-33(31)43-36(49)35(44-46-41)34(26-16-18-54-19-17-26)25-6-8-27(39)9-7-25/h6-9,11-14,20-21,24,26,28,34-35,45,48H,10,15-19,22-23H2,1-5H3,(H,43,49)/t24-,28+,34+,35+/m1/s1. The average Bonchev–Trinajstić information content (AvgIpc) is 3.14. The Morgan fingerprint density at radius 2 is 1.79 bits per heavy atom. The fourth-order valence-electron chi connectivity index (χ4n) is 6.53. The molecule has 1 fully saturated rings. The van der Waals surface area contributed by atoms with Crippen LogP contribution in [-0.4, -0.2) is 92.6 Å². The van der Waals surface area contributed by atoms with E-state index in [0.717, 1.165) is 11.8 Å². The van der Waals surface area contributed by atoms with Gasteiger partial charge in [-0.05, 0) is 107 Å². The lowest BCUT2D eigenvalue weighted by Crippen LogP contribution is -2.49. The van der Waals surface area contributed by atoms with Crippen LogP contribution < -0.4 is 14.8 Å². The molecule has 1 aliphatic heterocycles. The molecule has 2 amide bonds. The van der Waals surface area contributed by atoms with Gasteiger partial charge in [0.2, 0.25) is 15.9 Å². The molecule has 0 unspecified atom stereocenters. The van der Waals surface area contributed by atoms with E-state index >= 15 is 4.39 Å². The molecule has 3 aromatic rings. The molecule has 2 heterocycles. The summed E-state index contributed by atoms with van der Waals surface area (Å²) >= 11 is 6.16. The van der Waals surface area contributed by atoms with E-state index in [9.17, 15) is 28.6 Å². The monoisotopic (exact) mass is 817 g/mol. The van der Waals surface area contributed by atoms with Gasteiger partial charge in [0.05, 0.1) is 36.2 Å². The van der Waals surface area contributed by atoms with Crippen LogP contribution in [0.25, 0.3) is 10.4 Å². The number of nitrogens with zero attached hydrogens (tertiary/aromatic N) is 5. The molecule has 0 aliphatic carbocycles. The fourth-order valence-corrected chi connectivity index (χ4v) is 7.92. The lowest BCUT2D eigenvalue weighted by atomic mass is 9.76. The number of ether oxygens (including phenoxy) is 3. The third-order valence-corrected chi connectivity index (χ3v) is 10.9. The summed E-state index contributed by atoms with van der Waals surface area (Å²) < 4.78 is 61.9. The van der Waals surface area contributed by atoms with Crippen molar-refractivity contribution in [2.75, 3.05) is 38.7 Å². The average molecular weight is 818 g/mol. The highest BCUT2D eigenvalue weighted by atomic mass is 35.5. The Morgan fingerprint density at radius 3 is 2.38 bits per heavy atom. The second-order valence-electron chi connectivity index (χ2n) is 14.6. The summed E-state index contributed by atoms with van der Waals surface area (Å²) in [6.45, 7) is 6.95. The second kappa shape index (κ2) is 20.1. The van der Waals surface area contributed by atoms with Gasteiger partial charge in [-0.2, -0.15) is 0 Å². The molecule has 4 atom stereocenters. The molecule has 1 aromatic heterocycles. The molecule has 0 bridgehead atoms. The molecule has 15 nitrogen and oxygen atoms in total. The number of anilines is 1. The van der Waals surface area contributed by atoms with Crippen LogP contribution in [0.5, 0.6) is 5.75 Å². The van der Waals surface area contributed by atoms with Crippen LogP contribution in [0.1, 0.15) is 64.0 Å². The molecule has 1 aliphatic rings. The van der Waals surface area contributed by atoms with E-state index < -0.39 is 57.5 Å². The fraction of sp³-hybridized carbons (Fsp3) is 0.500. The minimum Gasteiger partial charge on any atom is -0.497 e. The van der Waals surface area contributed by atoms with E-state index in [2.05, 4.69) is 25.0 Å². The number of hydrogen-bond donors (Lipinski definition) is 3. The van der Waals surface area contributed by atoms with Crippen LogP contribution in [0, 0.1) is 11.7 Å². The van der Waals surface area contributed by atoms with Crippen molar-refractivity contribution >= 4 is 39.3 Å². The molecule has 304 valence electrons. The van der Waals surface area contributed by atoms with Gasteiger partial charge in [-0.25, -0.2) is 22.3 Å². The predicted octanol–water partition coefficient (Wildman–Crippen LogP) is 6.61. The normalized spacial score (nSPS) is 15.8. The molecule has 0 spiro atoms. The number of aliphatic hydroxyl groups excluding tert-OH is 1. The minimum atomic E-state index is -4.22. The Morgan fingerprint density at radius 1 is 1.12 bits per heavy atom. The summed E-state index contributed by atoms with van der Waals surface area (Å²) in [5, 5.41) is 17.4. The van der Waals surface area contributed by atoms with Gasteiger partial charge >= 0.3 is 6.09 Å². The number of halogens is 2. The third kappa shape index (κ3) is 12.8. The number of methoxy groups -OCH3 is 1. The summed E-state index contributed by atoms with van der Waals surface area (Å²) in [5.41, 5.74) is 9.42. The topological polar surface area (TPSA) is 205 Å². The van der Waals surface area contributed by atoms with Crippen molar-refractivity contribution in [3.05, 3.63) is 93.3 Å². The summed E-state index contributed by atoms with van der Waals surface area (Å²) in [4.78, 5) is 35.4.